The van der Waals surface area contributed by atoms with Crippen molar-refractivity contribution in [2.75, 3.05) is 11.5 Å². The highest BCUT2D eigenvalue weighted by molar-refractivity contribution is 7.71. The fourth-order valence-corrected chi connectivity index (χ4v) is 1.58. The molecule has 2 heterocycles. The van der Waals surface area contributed by atoms with E-state index in [1.165, 1.54) is 15.1 Å². The zero-order chi connectivity index (χ0) is 11.9. The van der Waals surface area contributed by atoms with E-state index in [9.17, 15) is 4.79 Å². The van der Waals surface area contributed by atoms with Crippen LogP contribution < -0.4 is 11.5 Å². The van der Waals surface area contributed by atoms with E-state index in [4.69, 9.17) is 28.8 Å². The number of nitrogens with zero attached hydrogens (tertiary/aromatic N) is 4. The van der Waals surface area contributed by atoms with Crippen LogP contribution in [0.1, 0.15) is 0 Å². The van der Waals surface area contributed by atoms with E-state index >= 15 is 0 Å². The summed E-state index contributed by atoms with van der Waals surface area (Å²) in [5.74, 6) is -0.801. The monoisotopic (exact) mass is 240 g/mol. The Balaban J connectivity index is 2.78. The lowest BCUT2D eigenvalue weighted by molar-refractivity contribution is -0.137. The van der Waals surface area contributed by atoms with Crippen LogP contribution >= 0.6 is 12.2 Å². The number of nitrogens with two attached hydrogens (primary N) is 2. The van der Waals surface area contributed by atoms with Gasteiger partial charge in [0.2, 0.25) is 10.7 Å². The first-order valence-electron chi connectivity index (χ1n) is 4.22. The van der Waals surface area contributed by atoms with E-state index in [1.54, 1.807) is 0 Å². The lowest BCUT2D eigenvalue weighted by Crippen LogP contribution is -2.11. The van der Waals surface area contributed by atoms with E-state index in [0.29, 0.717) is 5.65 Å². The lowest BCUT2D eigenvalue weighted by atomic mass is 10.5. The van der Waals surface area contributed by atoms with Crippen LogP contribution in [0, 0.1) is 4.77 Å². The molecule has 8 nitrogen and oxygen atoms in total. The molecule has 0 saturated heterocycles. The van der Waals surface area contributed by atoms with E-state index in [-0.39, 0.29) is 23.1 Å². The topological polar surface area (TPSA) is 124 Å². The van der Waals surface area contributed by atoms with Crippen molar-refractivity contribution in [2.24, 2.45) is 0 Å². The van der Waals surface area contributed by atoms with Crippen molar-refractivity contribution < 1.29 is 9.90 Å². The predicted octanol–water partition coefficient (Wildman–Crippen LogP) is -0.491. The SMILES string of the molecule is Nc1cc2n(CC(=O)O)c(N)nn2c(=S)n1. The number of carboxylic acid groups (broad SMARTS) is 1. The molecule has 0 atom stereocenters. The van der Waals surface area contributed by atoms with Gasteiger partial charge in [-0.3, -0.25) is 9.36 Å². The second-order valence-corrected chi connectivity index (χ2v) is 3.44. The van der Waals surface area contributed by atoms with Crippen molar-refractivity contribution >= 4 is 35.6 Å². The Morgan fingerprint density at radius 2 is 2.25 bits per heavy atom. The number of rotatable bonds is 2. The van der Waals surface area contributed by atoms with E-state index < -0.39 is 5.97 Å². The van der Waals surface area contributed by atoms with E-state index in [1.807, 2.05) is 0 Å². The maximum absolute atomic E-state index is 10.6. The smallest absolute Gasteiger partial charge is 0.323 e. The largest absolute Gasteiger partial charge is 0.480 e. The van der Waals surface area contributed by atoms with Gasteiger partial charge in [-0.1, -0.05) is 0 Å². The molecule has 0 unspecified atom stereocenters. The molecular formula is C7H8N6O2S. The molecule has 16 heavy (non-hydrogen) atoms. The summed E-state index contributed by atoms with van der Waals surface area (Å²) in [6, 6.07) is 1.46. The van der Waals surface area contributed by atoms with Crippen molar-refractivity contribution in [1.82, 2.24) is 19.2 Å². The third-order valence-corrected chi connectivity index (χ3v) is 2.21. The molecule has 0 aliphatic carbocycles. The van der Waals surface area contributed by atoms with Gasteiger partial charge in [-0.25, -0.2) is 4.98 Å². The number of hydrogen-bond acceptors (Lipinski definition) is 6. The number of fused-ring (bicyclic) bond motifs is 1. The summed E-state index contributed by atoms with van der Waals surface area (Å²) in [6.07, 6.45) is 0. The van der Waals surface area contributed by atoms with Crippen LogP contribution in [0.4, 0.5) is 11.8 Å². The minimum absolute atomic E-state index is 0.0425. The van der Waals surface area contributed by atoms with Gasteiger partial charge >= 0.3 is 5.97 Å². The van der Waals surface area contributed by atoms with Crippen LogP contribution in [-0.4, -0.2) is 30.2 Å². The highest BCUT2D eigenvalue weighted by Gasteiger charge is 2.12. The molecule has 0 bridgehead atoms. The Morgan fingerprint density at radius 3 is 2.88 bits per heavy atom. The van der Waals surface area contributed by atoms with Crippen molar-refractivity contribution in [1.29, 1.82) is 0 Å². The summed E-state index contributed by atoms with van der Waals surface area (Å²) in [6.45, 7) is -0.312. The number of aromatic nitrogens is 4. The number of carbonyl (C=O) groups is 1. The molecule has 0 radical (unpaired) electrons. The van der Waals surface area contributed by atoms with Crippen LogP contribution in [0.25, 0.3) is 5.65 Å². The van der Waals surface area contributed by atoms with Crippen LogP contribution in [0.2, 0.25) is 0 Å². The van der Waals surface area contributed by atoms with Gasteiger partial charge in [0, 0.05) is 6.07 Å². The van der Waals surface area contributed by atoms with E-state index in [2.05, 4.69) is 10.1 Å². The molecule has 0 spiro atoms. The number of hydrogen-bond donors (Lipinski definition) is 3. The molecule has 2 aromatic rings. The second-order valence-electron chi connectivity index (χ2n) is 3.07. The van der Waals surface area contributed by atoms with Gasteiger partial charge in [-0.05, 0) is 12.2 Å². The molecule has 84 valence electrons. The Kier molecular flexibility index (Phi) is 2.23. The predicted molar refractivity (Wildman–Crippen MR) is 58.3 cm³/mol. The van der Waals surface area contributed by atoms with Gasteiger partial charge in [0.1, 0.15) is 18.0 Å². The summed E-state index contributed by atoms with van der Waals surface area (Å²) >= 11 is 4.92. The van der Waals surface area contributed by atoms with Gasteiger partial charge in [0.25, 0.3) is 0 Å². The van der Waals surface area contributed by atoms with Crippen LogP contribution in [-0.2, 0) is 11.3 Å². The van der Waals surface area contributed by atoms with Gasteiger partial charge in [0.05, 0.1) is 0 Å². The molecule has 9 heteroatoms. The van der Waals surface area contributed by atoms with Gasteiger partial charge in [-0.15, -0.1) is 5.10 Å². The van der Waals surface area contributed by atoms with Crippen LogP contribution in [0.5, 0.6) is 0 Å². The zero-order valence-corrected chi connectivity index (χ0v) is 8.81. The average molecular weight is 240 g/mol. The summed E-state index contributed by atoms with van der Waals surface area (Å²) in [4.78, 5) is 14.5. The van der Waals surface area contributed by atoms with E-state index in [0.717, 1.165) is 0 Å². The Labute approximate surface area is 94.1 Å². The molecule has 0 aromatic carbocycles. The molecule has 5 N–H and O–H groups in total. The molecule has 2 rings (SSSR count). The number of carboxylic acids is 1. The highest BCUT2D eigenvalue weighted by atomic mass is 32.1. The lowest BCUT2D eigenvalue weighted by Gasteiger charge is -2.01. The third-order valence-electron chi connectivity index (χ3n) is 1.95. The maximum atomic E-state index is 10.6. The molecule has 2 aromatic heterocycles. The number of aliphatic carboxylic acids is 1. The zero-order valence-electron chi connectivity index (χ0n) is 7.99. The first-order valence-corrected chi connectivity index (χ1v) is 4.63. The molecule has 0 fully saturated rings. The minimum Gasteiger partial charge on any atom is -0.480 e. The maximum Gasteiger partial charge on any atom is 0.323 e. The summed E-state index contributed by atoms with van der Waals surface area (Å²) in [5, 5.41) is 12.6. The summed E-state index contributed by atoms with van der Waals surface area (Å²) in [7, 11) is 0. The van der Waals surface area contributed by atoms with Crippen LogP contribution in [0.3, 0.4) is 0 Å². The Morgan fingerprint density at radius 1 is 1.56 bits per heavy atom. The summed E-state index contributed by atoms with van der Waals surface area (Å²) in [5.41, 5.74) is 11.5. The van der Waals surface area contributed by atoms with Crippen molar-refractivity contribution in [3.8, 4) is 0 Å². The molecular weight excluding hydrogens is 232 g/mol. The third kappa shape index (κ3) is 1.56. The minimum atomic E-state index is -1.03. The van der Waals surface area contributed by atoms with Crippen molar-refractivity contribution in [3.63, 3.8) is 0 Å². The van der Waals surface area contributed by atoms with Crippen molar-refractivity contribution in [3.05, 3.63) is 10.8 Å². The Hall–Kier alpha value is -2.16. The van der Waals surface area contributed by atoms with Gasteiger partial charge in [-0.2, -0.15) is 4.52 Å². The quantitative estimate of drug-likeness (QED) is 0.605. The fourth-order valence-electron chi connectivity index (χ4n) is 1.34. The van der Waals surface area contributed by atoms with Gasteiger partial charge in [0.15, 0.2) is 0 Å². The number of anilines is 2. The first-order chi connectivity index (χ1) is 7.49. The fraction of sp³-hybridized carbons (Fsp3) is 0.143. The standard InChI is InChI=1S/C7H8N6O2S/c8-3-1-4-12(2-5(14)15)6(9)11-13(4)7(16)10-3/h1H,2H2,(H2,9,11)(H,14,15)(H2,8,10,16). The molecule has 0 saturated carbocycles. The molecule has 0 aliphatic heterocycles. The number of nitrogen functional groups attached to an aromatic ring is 2. The second kappa shape index (κ2) is 3.45. The van der Waals surface area contributed by atoms with Crippen LogP contribution in [0.15, 0.2) is 6.07 Å². The van der Waals surface area contributed by atoms with Gasteiger partial charge < -0.3 is 16.6 Å². The molecule has 0 aliphatic rings. The normalized spacial score (nSPS) is 10.8. The van der Waals surface area contributed by atoms with Crippen molar-refractivity contribution in [2.45, 2.75) is 6.54 Å². The first kappa shape index (κ1) is 10.4. The average Bonchev–Trinajstić information content (AvgIpc) is 2.45. The summed E-state index contributed by atoms with van der Waals surface area (Å²) < 4.78 is 2.69. The highest BCUT2D eigenvalue weighted by Crippen LogP contribution is 2.12. The Bertz CT molecular complexity index is 630. The molecule has 0 amide bonds.